The molecule has 0 aliphatic heterocycles. The van der Waals surface area contributed by atoms with E-state index in [1.54, 1.807) is 12.1 Å². The highest BCUT2D eigenvalue weighted by Crippen LogP contribution is 2.25. The lowest BCUT2D eigenvalue weighted by Gasteiger charge is -2.09. The van der Waals surface area contributed by atoms with E-state index in [-0.39, 0.29) is 0 Å². The zero-order chi connectivity index (χ0) is 11.5. The first-order chi connectivity index (χ1) is 7.68. The molecule has 0 radical (unpaired) electrons. The van der Waals surface area contributed by atoms with Crippen LogP contribution < -0.4 is 0 Å². The molecule has 0 aliphatic rings. The standard InChI is InChI=1S/C14H14O2/c1-10-9-12(14(15)16)7-8-13(10)11-5-3-2-4-6-11/h2-9,14-16H,1H3. The number of aryl methyl sites for hydroxylation is 1. The molecule has 0 aromatic heterocycles. The molecule has 0 amide bonds. The highest BCUT2D eigenvalue weighted by molar-refractivity contribution is 5.67. The topological polar surface area (TPSA) is 40.5 Å². The van der Waals surface area contributed by atoms with Crippen LogP contribution in [0.25, 0.3) is 11.1 Å². The molecule has 2 heteroatoms. The Morgan fingerprint density at radius 1 is 0.938 bits per heavy atom. The van der Waals surface area contributed by atoms with Crippen LogP contribution in [0.4, 0.5) is 0 Å². The van der Waals surface area contributed by atoms with Gasteiger partial charge in [-0.2, -0.15) is 0 Å². The molecule has 0 atom stereocenters. The monoisotopic (exact) mass is 214 g/mol. The van der Waals surface area contributed by atoms with E-state index in [9.17, 15) is 0 Å². The van der Waals surface area contributed by atoms with Gasteiger partial charge in [-0.1, -0.05) is 48.5 Å². The van der Waals surface area contributed by atoms with Crippen molar-refractivity contribution in [2.45, 2.75) is 13.2 Å². The predicted molar refractivity (Wildman–Crippen MR) is 63.8 cm³/mol. The third kappa shape index (κ3) is 2.13. The van der Waals surface area contributed by atoms with Gasteiger partial charge in [0, 0.05) is 5.56 Å². The Hall–Kier alpha value is -1.64. The highest BCUT2D eigenvalue weighted by atomic mass is 16.5. The van der Waals surface area contributed by atoms with Crippen molar-refractivity contribution in [2.75, 3.05) is 0 Å². The Morgan fingerprint density at radius 3 is 2.19 bits per heavy atom. The summed E-state index contributed by atoms with van der Waals surface area (Å²) in [6, 6.07) is 15.5. The van der Waals surface area contributed by atoms with Gasteiger partial charge in [-0.3, -0.25) is 0 Å². The van der Waals surface area contributed by atoms with Gasteiger partial charge in [0.1, 0.15) is 0 Å². The summed E-state index contributed by atoms with van der Waals surface area (Å²) in [7, 11) is 0. The normalized spacial score (nSPS) is 10.8. The number of aliphatic hydroxyl groups excluding tert-OH is 1. The van der Waals surface area contributed by atoms with Crippen LogP contribution in [0.15, 0.2) is 48.5 Å². The van der Waals surface area contributed by atoms with Gasteiger partial charge >= 0.3 is 0 Å². The first-order valence-corrected chi connectivity index (χ1v) is 5.20. The van der Waals surface area contributed by atoms with E-state index in [4.69, 9.17) is 10.2 Å². The van der Waals surface area contributed by atoms with E-state index in [1.807, 2.05) is 43.3 Å². The van der Waals surface area contributed by atoms with Gasteiger partial charge in [-0.15, -0.1) is 0 Å². The van der Waals surface area contributed by atoms with E-state index in [0.29, 0.717) is 5.56 Å². The van der Waals surface area contributed by atoms with Crippen LogP contribution >= 0.6 is 0 Å². The summed E-state index contributed by atoms with van der Waals surface area (Å²) in [4.78, 5) is 0. The largest absolute Gasteiger partial charge is 0.364 e. The minimum absolute atomic E-state index is 0.525. The maximum Gasteiger partial charge on any atom is 0.178 e. The number of hydrogen-bond acceptors (Lipinski definition) is 2. The van der Waals surface area contributed by atoms with Crippen molar-refractivity contribution in [1.82, 2.24) is 0 Å². The molecule has 2 aromatic rings. The molecule has 0 bridgehead atoms. The van der Waals surface area contributed by atoms with E-state index in [1.165, 1.54) is 0 Å². The fourth-order valence-corrected chi connectivity index (χ4v) is 1.79. The van der Waals surface area contributed by atoms with Crippen LogP contribution in [0.2, 0.25) is 0 Å². The van der Waals surface area contributed by atoms with Crippen LogP contribution in [0.1, 0.15) is 17.4 Å². The Morgan fingerprint density at radius 2 is 1.62 bits per heavy atom. The van der Waals surface area contributed by atoms with Crippen molar-refractivity contribution < 1.29 is 10.2 Å². The summed E-state index contributed by atoms with van der Waals surface area (Å²) >= 11 is 0. The maximum atomic E-state index is 9.07. The van der Waals surface area contributed by atoms with Crippen molar-refractivity contribution in [3.8, 4) is 11.1 Å². The minimum atomic E-state index is -1.40. The van der Waals surface area contributed by atoms with Gasteiger partial charge in [0.2, 0.25) is 0 Å². The van der Waals surface area contributed by atoms with Crippen molar-refractivity contribution >= 4 is 0 Å². The number of rotatable bonds is 2. The number of hydrogen-bond donors (Lipinski definition) is 2. The van der Waals surface area contributed by atoms with Gasteiger partial charge in [-0.05, 0) is 23.6 Å². The molecule has 0 aliphatic carbocycles. The highest BCUT2D eigenvalue weighted by Gasteiger charge is 2.06. The summed E-state index contributed by atoms with van der Waals surface area (Å²) in [6.45, 7) is 1.97. The van der Waals surface area contributed by atoms with Gasteiger partial charge in [0.25, 0.3) is 0 Å². The zero-order valence-corrected chi connectivity index (χ0v) is 9.09. The molecular formula is C14H14O2. The molecule has 0 saturated heterocycles. The Labute approximate surface area is 94.8 Å². The lowest BCUT2D eigenvalue weighted by molar-refractivity contribution is -0.0425. The molecule has 2 rings (SSSR count). The van der Waals surface area contributed by atoms with E-state index >= 15 is 0 Å². The fraction of sp³-hybridized carbons (Fsp3) is 0.143. The number of aliphatic hydroxyl groups is 2. The van der Waals surface area contributed by atoms with Crippen molar-refractivity contribution in [2.24, 2.45) is 0 Å². The summed E-state index contributed by atoms with van der Waals surface area (Å²) in [5.41, 5.74) is 3.82. The van der Waals surface area contributed by atoms with Gasteiger partial charge in [0.05, 0.1) is 0 Å². The third-order valence-electron chi connectivity index (χ3n) is 2.63. The van der Waals surface area contributed by atoms with Gasteiger partial charge < -0.3 is 10.2 Å². The molecule has 82 valence electrons. The van der Waals surface area contributed by atoms with E-state index < -0.39 is 6.29 Å². The molecule has 0 spiro atoms. The van der Waals surface area contributed by atoms with Gasteiger partial charge in [-0.25, -0.2) is 0 Å². The van der Waals surface area contributed by atoms with Crippen LogP contribution in [0.5, 0.6) is 0 Å². The van der Waals surface area contributed by atoms with Gasteiger partial charge in [0.15, 0.2) is 6.29 Å². The second-order valence-electron chi connectivity index (χ2n) is 3.81. The fourth-order valence-electron chi connectivity index (χ4n) is 1.79. The number of benzene rings is 2. The zero-order valence-electron chi connectivity index (χ0n) is 9.09. The first-order valence-electron chi connectivity index (χ1n) is 5.20. The van der Waals surface area contributed by atoms with Crippen molar-refractivity contribution in [3.63, 3.8) is 0 Å². The molecule has 0 unspecified atom stereocenters. The molecule has 0 fully saturated rings. The van der Waals surface area contributed by atoms with Crippen LogP contribution in [-0.2, 0) is 0 Å². The molecule has 2 nitrogen and oxygen atoms in total. The second kappa shape index (κ2) is 4.47. The lowest BCUT2D eigenvalue weighted by Crippen LogP contribution is -1.95. The van der Waals surface area contributed by atoms with Crippen molar-refractivity contribution in [3.05, 3.63) is 59.7 Å². The Balaban J connectivity index is 2.45. The minimum Gasteiger partial charge on any atom is -0.364 e. The first kappa shape index (κ1) is 10.9. The molecule has 2 aromatic carbocycles. The lowest BCUT2D eigenvalue weighted by atomic mass is 9.98. The summed E-state index contributed by atoms with van der Waals surface area (Å²) < 4.78 is 0. The predicted octanol–water partition coefficient (Wildman–Crippen LogP) is 2.65. The quantitative estimate of drug-likeness (QED) is 0.754. The average Bonchev–Trinajstić information content (AvgIpc) is 2.30. The molecular weight excluding hydrogens is 200 g/mol. The summed E-state index contributed by atoms with van der Waals surface area (Å²) in [5, 5.41) is 18.1. The van der Waals surface area contributed by atoms with Crippen LogP contribution in [-0.4, -0.2) is 10.2 Å². The molecule has 2 N–H and O–H groups in total. The average molecular weight is 214 g/mol. The smallest absolute Gasteiger partial charge is 0.178 e. The Kier molecular flexibility index (Phi) is 3.04. The maximum absolute atomic E-state index is 9.07. The summed E-state index contributed by atoms with van der Waals surface area (Å²) in [5.74, 6) is 0. The SMILES string of the molecule is Cc1cc(C(O)O)ccc1-c1ccccc1. The second-order valence-corrected chi connectivity index (χ2v) is 3.81. The van der Waals surface area contributed by atoms with Crippen LogP contribution in [0, 0.1) is 6.92 Å². The van der Waals surface area contributed by atoms with Crippen molar-refractivity contribution in [1.29, 1.82) is 0 Å². The molecule has 0 heterocycles. The molecule has 0 saturated carbocycles. The van der Waals surface area contributed by atoms with Crippen LogP contribution in [0.3, 0.4) is 0 Å². The Bertz CT molecular complexity index is 475. The van der Waals surface area contributed by atoms with E-state index in [2.05, 4.69) is 0 Å². The summed E-state index contributed by atoms with van der Waals surface area (Å²) in [6.07, 6.45) is -1.40. The van der Waals surface area contributed by atoms with E-state index in [0.717, 1.165) is 16.7 Å². The third-order valence-corrected chi connectivity index (χ3v) is 2.63. The molecule has 16 heavy (non-hydrogen) atoms.